The van der Waals surface area contributed by atoms with Gasteiger partial charge in [-0.15, -0.1) is 0 Å². The van der Waals surface area contributed by atoms with E-state index in [2.05, 4.69) is 15.6 Å². The summed E-state index contributed by atoms with van der Waals surface area (Å²) in [5.74, 6) is 1.86. The molecule has 0 spiro atoms. The fourth-order valence-corrected chi connectivity index (χ4v) is 3.26. The SMILES string of the molecule is CCNC(=NCc1ccc(F)cc1CSC)NCC(O)c1ccc(OC)cc1. The van der Waals surface area contributed by atoms with Gasteiger partial charge in [0.15, 0.2) is 5.96 Å². The molecule has 0 fully saturated rings. The lowest BCUT2D eigenvalue weighted by atomic mass is 10.1. The number of methoxy groups -OCH3 is 1. The Morgan fingerprint density at radius 3 is 2.57 bits per heavy atom. The Labute approximate surface area is 170 Å². The van der Waals surface area contributed by atoms with Crippen molar-refractivity contribution in [3.05, 3.63) is 65.0 Å². The molecular weight excluding hydrogens is 377 g/mol. The summed E-state index contributed by atoms with van der Waals surface area (Å²) in [4.78, 5) is 4.58. The van der Waals surface area contributed by atoms with Crippen molar-refractivity contribution in [1.29, 1.82) is 0 Å². The number of hydrogen-bond acceptors (Lipinski definition) is 4. The summed E-state index contributed by atoms with van der Waals surface area (Å²) in [6, 6.07) is 12.1. The number of aliphatic hydroxyl groups excluding tert-OH is 1. The Morgan fingerprint density at radius 1 is 1.18 bits per heavy atom. The van der Waals surface area contributed by atoms with E-state index in [1.165, 1.54) is 6.07 Å². The van der Waals surface area contributed by atoms with E-state index < -0.39 is 6.10 Å². The van der Waals surface area contributed by atoms with Crippen molar-refractivity contribution in [3.63, 3.8) is 0 Å². The highest BCUT2D eigenvalue weighted by Crippen LogP contribution is 2.18. The number of nitrogens with one attached hydrogen (secondary N) is 2. The van der Waals surface area contributed by atoms with E-state index in [4.69, 9.17) is 4.74 Å². The summed E-state index contributed by atoms with van der Waals surface area (Å²) in [5.41, 5.74) is 2.74. The number of aliphatic imine (C=N–C) groups is 1. The molecule has 2 aromatic rings. The fourth-order valence-electron chi connectivity index (χ4n) is 2.68. The Kier molecular flexibility index (Phi) is 9.10. The van der Waals surface area contributed by atoms with Crippen LogP contribution in [0.15, 0.2) is 47.5 Å². The lowest BCUT2D eigenvalue weighted by Crippen LogP contribution is -2.39. The Hall–Kier alpha value is -2.25. The van der Waals surface area contributed by atoms with Gasteiger partial charge in [0.05, 0.1) is 19.8 Å². The van der Waals surface area contributed by atoms with Crippen molar-refractivity contribution in [2.75, 3.05) is 26.5 Å². The third kappa shape index (κ3) is 6.73. The highest BCUT2D eigenvalue weighted by Gasteiger charge is 2.09. The first kappa shape index (κ1) is 22.0. The van der Waals surface area contributed by atoms with Gasteiger partial charge in [-0.2, -0.15) is 11.8 Å². The minimum atomic E-state index is -0.673. The van der Waals surface area contributed by atoms with Crippen molar-refractivity contribution >= 4 is 17.7 Å². The molecule has 1 unspecified atom stereocenters. The lowest BCUT2D eigenvalue weighted by Gasteiger charge is -2.16. The largest absolute Gasteiger partial charge is 0.497 e. The van der Waals surface area contributed by atoms with Crippen LogP contribution in [-0.2, 0) is 12.3 Å². The second-order valence-corrected chi connectivity index (χ2v) is 7.08. The zero-order valence-corrected chi connectivity index (χ0v) is 17.4. The number of hydrogen-bond donors (Lipinski definition) is 3. The van der Waals surface area contributed by atoms with Gasteiger partial charge in [-0.05, 0) is 54.1 Å². The van der Waals surface area contributed by atoms with E-state index in [0.717, 1.165) is 28.2 Å². The highest BCUT2D eigenvalue weighted by molar-refractivity contribution is 7.97. The zero-order chi connectivity index (χ0) is 20.4. The molecule has 0 aliphatic carbocycles. The number of rotatable bonds is 9. The zero-order valence-electron chi connectivity index (χ0n) is 16.5. The Bertz CT molecular complexity index is 769. The molecule has 7 heteroatoms. The number of aliphatic hydroxyl groups is 1. The molecular formula is C21H28FN3O2S. The van der Waals surface area contributed by atoms with Gasteiger partial charge in [0.25, 0.3) is 0 Å². The second kappa shape index (κ2) is 11.6. The minimum Gasteiger partial charge on any atom is -0.497 e. The average molecular weight is 406 g/mol. The van der Waals surface area contributed by atoms with Crippen LogP contribution in [0, 0.1) is 5.82 Å². The van der Waals surface area contributed by atoms with E-state index in [1.54, 1.807) is 31.0 Å². The predicted octanol–water partition coefficient (Wildman–Crippen LogP) is 3.49. The second-order valence-electron chi connectivity index (χ2n) is 6.21. The van der Waals surface area contributed by atoms with Crippen LogP contribution in [0.25, 0.3) is 0 Å². The van der Waals surface area contributed by atoms with Crippen LogP contribution in [-0.4, -0.2) is 37.5 Å². The highest BCUT2D eigenvalue weighted by atomic mass is 32.2. The first-order chi connectivity index (χ1) is 13.6. The van der Waals surface area contributed by atoms with Gasteiger partial charge in [-0.1, -0.05) is 18.2 Å². The number of nitrogens with zero attached hydrogens (tertiary/aromatic N) is 1. The Balaban J connectivity index is 2.01. The van der Waals surface area contributed by atoms with E-state index in [1.807, 2.05) is 37.4 Å². The van der Waals surface area contributed by atoms with Gasteiger partial charge >= 0.3 is 0 Å². The van der Waals surface area contributed by atoms with E-state index >= 15 is 0 Å². The molecule has 1 atom stereocenters. The van der Waals surface area contributed by atoms with E-state index in [0.29, 0.717) is 25.6 Å². The maximum atomic E-state index is 13.5. The molecule has 2 rings (SSSR count). The molecule has 152 valence electrons. The standard InChI is InChI=1S/C21H28FN3O2S/c1-4-23-21(24-12-16-5-8-18(22)11-17(16)14-28-3)25-13-20(26)15-6-9-19(27-2)10-7-15/h5-11,20,26H,4,12-14H2,1-3H3,(H2,23,24,25). The third-order valence-electron chi connectivity index (χ3n) is 4.18. The summed E-state index contributed by atoms with van der Waals surface area (Å²) < 4.78 is 18.6. The van der Waals surface area contributed by atoms with Gasteiger partial charge in [-0.25, -0.2) is 9.38 Å². The smallest absolute Gasteiger partial charge is 0.191 e. The summed E-state index contributed by atoms with van der Waals surface area (Å²) in [6.45, 7) is 3.43. The number of guanidine groups is 1. The first-order valence-corrected chi connectivity index (χ1v) is 10.6. The first-order valence-electron chi connectivity index (χ1n) is 9.17. The van der Waals surface area contributed by atoms with Crippen molar-refractivity contribution < 1.29 is 14.2 Å². The summed E-state index contributed by atoms with van der Waals surface area (Å²) >= 11 is 1.65. The minimum absolute atomic E-state index is 0.232. The Morgan fingerprint density at radius 2 is 1.93 bits per heavy atom. The molecule has 28 heavy (non-hydrogen) atoms. The van der Waals surface area contributed by atoms with Crippen molar-refractivity contribution in [1.82, 2.24) is 10.6 Å². The van der Waals surface area contributed by atoms with Crippen LogP contribution in [0.2, 0.25) is 0 Å². The van der Waals surface area contributed by atoms with Crippen LogP contribution in [0.3, 0.4) is 0 Å². The molecule has 0 aliphatic rings. The van der Waals surface area contributed by atoms with Crippen molar-refractivity contribution in [2.45, 2.75) is 25.3 Å². The van der Waals surface area contributed by atoms with Gasteiger partial charge in [0, 0.05) is 18.8 Å². The topological polar surface area (TPSA) is 65.9 Å². The molecule has 0 heterocycles. The van der Waals surface area contributed by atoms with Crippen molar-refractivity contribution in [3.8, 4) is 5.75 Å². The molecule has 0 saturated heterocycles. The number of thioether (sulfide) groups is 1. The maximum Gasteiger partial charge on any atom is 0.191 e. The molecule has 0 bridgehead atoms. The third-order valence-corrected chi connectivity index (χ3v) is 4.78. The van der Waals surface area contributed by atoms with E-state index in [-0.39, 0.29) is 5.82 Å². The normalized spacial score (nSPS) is 12.5. The molecule has 3 N–H and O–H groups in total. The molecule has 5 nitrogen and oxygen atoms in total. The molecule has 0 radical (unpaired) electrons. The number of benzene rings is 2. The van der Waals surface area contributed by atoms with Gasteiger partial charge < -0.3 is 20.5 Å². The summed E-state index contributed by atoms with van der Waals surface area (Å²) in [6.07, 6.45) is 1.32. The molecule has 2 aromatic carbocycles. The van der Waals surface area contributed by atoms with Gasteiger partial charge in [-0.3, -0.25) is 0 Å². The van der Waals surface area contributed by atoms with Crippen LogP contribution < -0.4 is 15.4 Å². The predicted molar refractivity (Wildman–Crippen MR) is 114 cm³/mol. The fraction of sp³-hybridized carbons (Fsp3) is 0.381. The molecule has 0 saturated carbocycles. The van der Waals surface area contributed by atoms with Crippen LogP contribution in [0.4, 0.5) is 4.39 Å². The molecule has 0 amide bonds. The summed E-state index contributed by atoms with van der Waals surface area (Å²) in [7, 11) is 1.61. The molecule has 0 aliphatic heterocycles. The molecule has 0 aromatic heterocycles. The number of halogens is 1. The van der Waals surface area contributed by atoms with Crippen LogP contribution >= 0.6 is 11.8 Å². The average Bonchev–Trinajstić information content (AvgIpc) is 2.71. The van der Waals surface area contributed by atoms with Crippen molar-refractivity contribution in [2.24, 2.45) is 4.99 Å². The van der Waals surface area contributed by atoms with Gasteiger partial charge in [0.2, 0.25) is 0 Å². The maximum absolute atomic E-state index is 13.5. The van der Waals surface area contributed by atoms with E-state index in [9.17, 15) is 9.50 Å². The summed E-state index contributed by atoms with van der Waals surface area (Å²) in [5, 5.41) is 16.7. The van der Waals surface area contributed by atoms with Gasteiger partial charge in [0.1, 0.15) is 11.6 Å². The van der Waals surface area contributed by atoms with Crippen LogP contribution in [0.5, 0.6) is 5.75 Å². The lowest BCUT2D eigenvalue weighted by molar-refractivity contribution is 0.180. The quantitative estimate of drug-likeness (QED) is 0.440. The number of ether oxygens (including phenoxy) is 1. The van der Waals surface area contributed by atoms with Crippen LogP contribution in [0.1, 0.15) is 29.7 Å². The monoisotopic (exact) mass is 405 g/mol.